The summed E-state index contributed by atoms with van der Waals surface area (Å²) >= 11 is 1.45. The van der Waals surface area contributed by atoms with Crippen molar-refractivity contribution in [2.24, 2.45) is 0 Å². The van der Waals surface area contributed by atoms with E-state index in [-0.39, 0.29) is 5.75 Å². The SMILES string of the molecule is [O]c1cccc(SNCc2cccnc2)c1. The minimum Gasteiger partial charge on any atom is -0.290 e. The van der Waals surface area contributed by atoms with Gasteiger partial charge in [-0.2, -0.15) is 0 Å². The number of nitrogens with zero attached hydrogens (tertiary/aromatic N) is 1. The van der Waals surface area contributed by atoms with Crippen LogP contribution in [0, 0.1) is 0 Å². The molecule has 0 spiro atoms. The summed E-state index contributed by atoms with van der Waals surface area (Å²) in [4.78, 5) is 4.95. The molecule has 1 N–H and O–H groups in total. The van der Waals surface area contributed by atoms with Gasteiger partial charge in [0.1, 0.15) is 0 Å². The summed E-state index contributed by atoms with van der Waals surface area (Å²) in [5, 5.41) is 11.1. The molecule has 2 aromatic rings. The Balaban J connectivity index is 1.85. The van der Waals surface area contributed by atoms with E-state index in [4.69, 9.17) is 0 Å². The van der Waals surface area contributed by atoms with Crippen molar-refractivity contribution >= 4 is 11.9 Å². The summed E-state index contributed by atoms with van der Waals surface area (Å²) in [6.07, 6.45) is 3.56. The van der Waals surface area contributed by atoms with Crippen LogP contribution in [0.4, 0.5) is 0 Å². The van der Waals surface area contributed by atoms with Crippen LogP contribution >= 0.6 is 11.9 Å². The molecular formula is C12H11N2OS. The Bertz CT molecular complexity index is 448. The van der Waals surface area contributed by atoms with Crippen LogP contribution in [0.2, 0.25) is 0 Å². The van der Waals surface area contributed by atoms with E-state index < -0.39 is 0 Å². The maximum Gasteiger partial charge on any atom is 0.179 e. The average Bonchev–Trinajstić information content (AvgIpc) is 2.30. The zero-order valence-electron chi connectivity index (χ0n) is 8.59. The van der Waals surface area contributed by atoms with Gasteiger partial charge in [-0.3, -0.25) is 14.8 Å². The van der Waals surface area contributed by atoms with Crippen LogP contribution in [0.3, 0.4) is 0 Å². The Kier molecular flexibility index (Phi) is 3.80. The molecule has 0 atom stereocenters. The van der Waals surface area contributed by atoms with Crippen molar-refractivity contribution in [2.75, 3.05) is 0 Å². The molecule has 0 unspecified atom stereocenters. The molecule has 4 heteroatoms. The first-order chi connectivity index (χ1) is 7.84. The fourth-order valence-corrected chi connectivity index (χ4v) is 1.97. The zero-order valence-corrected chi connectivity index (χ0v) is 9.41. The predicted molar refractivity (Wildman–Crippen MR) is 63.5 cm³/mol. The largest absolute Gasteiger partial charge is 0.290 e. The number of nitrogens with one attached hydrogen (secondary N) is 1. The highest BCUT2D eigenvalue weighted by atomic mass is 32.2. The molecule has 81 valence electrons. The molecule has 0 saturated heterocycles. The minimum absolute atomic E-state index is 0.0353. The van der Waals surface area contributed by atoms with Crippen molar-refractivity contribution < 1.29 is 5.11 Å². The van der Waals surface area contributed by atoms with E-state index in [2.05, 4.69) is 9.71 Å². The monoisotopic (exact) mass is 231 g/mol. The predicted octanol–water partition coefficient (Wildman–Crippen LogP) is 3.02. The highest BCUT2D eigenvalue weighted by molar-refractivity contribution is 7.97. The van der Waals surface area contributed by atoms with Gasteiger partial charge in [-0.1, -0.05) is 12.1 Å². The van der Waals surface area contributed by atoms with Crippen LogP contribution < -0.4 is 4.72 Å². The topological polar surface area (TPSA) is 44.8 Å². The van der Waals surface area contributed by atoms with E-state index in [9.17, 15) is 5.11 Å². The van der Waals surface area contributed by atoms with Gasteiger partial charge in [-0.25, -0.2) is 0 Å². The van der Waals surface area contributed by atoms with Crippen molar-refractivity contribution in [3.05, 3.63) is 54.4 Å². The molecule has 1 radical (unpaired) electrons. The fourth-order valence-electron chi connectivity index (χ4n) is 1.24. The van der Waals surface area contributed by atoms with E-state index >= 15 is 0 Å². The molecule has 0 bridgehead atoms. The molecule has 2 rings (SSSR count). The van der Waals surface area contributed by atoms with Crippen LogP contribution in [0.25, 0.3) is 0 Å². The second-order valence-electron chi connectivity index (χ2n) is 3.26. The number of hydrogen-bond acceptors (Lipinski definition) is 3. The summed E-state index contributed by atoms with van der Waals surface area (Å²) in [6, 6.07) is 10.7. The lowest BCUT2D eigenvalue weighted by molar-refractivity contribution is 0.354. The zero-order chi connectivity index (χ0) is 11.2. The van der Waals surface area contributed by atoms with Crippen molar-refractivity contribution in [3.8, 4) is 5.75 Å². The number of aromatic nitrogens is 1. The van der Waals surface area contributed by atoms with Crippen molar-refractivity contribution in [2.45, 2.75) is 11.4 Å². The van der Waals surface area contributed by atoms with E-state index in [1.54, 1.807) is 24.4 Å². The Morgan fingerprint density at radius 2 is 2.19 bits per heavy atom. The van der Waals surface area contributed by atoms with E-state index in [1.165, 1.54) is 11.9 Å². The van der Waals surface area contributed by atoms with Crippen molar-refractivity contribution in [1.29, 1.82) is 0 Å². The van der Waals surface area contributed by atoms with Gasteiger partial charge in [-0.15, -0.1) is 0 Å². The van der Waals surface area contributed by atoms with Crippen LogP contribution in [-0.2, 0) is 11.7 Å². The molecule has 0 aliphatic carbocycles. The second kappa shape index (κ2) is 5.53. The Labute approximate surface area is 98.7 Å². The van der Waals surface area contributed by atoms with Crippen molar-refractivity contribution in [1.82, 2.24) is 9.71 Å². The summed E-state index contributed by atoms with van der Waals surface area (Å²) in [6.45, 7) is 0.724. The summed E-state index contributed by atoms with van der Waals surface area (Å²) < 4.78 is 3.18. The molecule has 0 amide bonds. The van der Waals surface area contributed by atoms with Gasteiger partial charge in [0, 0.05) is 29.9 Å². The number of rotatable bonds is 4. The molecule has 0 fully saturated rings. The third-order valence-electron chi connectivity index (χ3n) is 1.99. The first-order valence-electron chi connectivity index (χ1n) is 4.90. The molecule has 0 aliphatic rings. The number of pyridine rings is 1. The number of hydrogen-bond donors (Lipinski definition) is 1. The highest BCUT2D eigenvalue weighted by Gasteiger charge is 1.97. The van der Waals surface area contributed by atoms with E-state index in [0.717, 1.165) is 17.0 Å². The summed E-state index contributed by atoms with van der Waals surface area (Å²) in [5.74, 6) is 0.0353. The number of benzene rings is 1. The maximum atomic E-state index is 11.1. The molecule has 1 aromatic carbocycles. The molecule has 16 heavy (non-hydrogen) atoms. The lowest BCUT2D eigenvalue weighted by Gasteiger charge is -2.03. The van der Waals surface area contributed by atoms with Gasteiger partial charge in [-0.05, 0) is 35.7 Å². The molecule has 0 aliphatic heterocycles. The van der Waals surface area contributed by atoms with Crippen LogP contribution in [-0.4, -0.2) is 4.98 Å². The molecule has 0 saturated carbocycles. The van der Waals surface area contributed by atoms with Crippen LogP contribution in [0.15, 0.2) is 53.7 Å². The second-order valence-corrected chi connectivity index (χ2v) is 4.22. The normalized spacial score (nSPS) is 10.2. The smallest absolute Gasteiger partial charge is 0.179 e. The molecule has 1 aromatic heterocycles. The van der Waals surface area contributed by atoms with Gasteiger partial charge >= 0.3 is 0 Å². The van der Waals surface area contributed by atoms with Gasteiger partial charge < -0.3 is 0 Å². The first-order valence-corrected chi connectivity index (χ1v) is 5.72. The van der Waals surface area contributed by atoms with Crippen LogP contribution in [0.1, 0.15) is 5.56 Å². The maximum absolute atomic E-state index is 11.1. The van der Waals surface area contributed by atoms with Crippen molar-refractivity contribution in [3.63, 3.8) is 0 Å². The Morgan fingerprint density at radius 1 is 1.25 bits per heavy atom. The summed E-state index contributed by atoms with van der Waals surface area (Å²) in [5.41, 5.74) is 1.12. The minimum atomic E-state index is 0.0353. The fraction of sp³-hybridized carbons (Fsp3) is 0.0833. The lowest BCUT2D eigenvalue weighted by atomic mass is 10.3. The van der Waals surface area contributed by atoms with Gasteiger partial charge in [0.2, 0.25) is 0 Å². The van der Waals surface area contributed by atoms with Gasteiger partial charge in [0.15, 0.2) is 5.75 Å². The van der Waals surface area contributed by atoms with Gasteiger partial charge in [0.25, 0.3) is 0 Å². The summed E-state index contributed by atoms with van der Waals surface area (Å²) in [7, 11) is 0. The van der Waals surface area contributed by atoms with E-state index in [0.29, 0.717) is 0 Å². The molecule has 1 heterocycles. The lowest BCUT2D eigenvalue weighted by Crippen LogP contribution is -2.02. The average molecular weight is 231 g/mol. The third-order valence-corrected chi connectivity index (χ3v) is 2.77. The van der Waals surface area contributed by atoms with Crippen LogP contribution in [0.5, 0.6) is 5.75 Å². The standard InChI is InChI=1S/C12H11N2OS/c15-11-4-1-5-12(7-11)16-14-9-10-3-2-6-13-8-10/h1-8,14H,9H2. The first kappa shape index (κ1) is 11.0. The third kappa shape index (κ3) is 3.25. The highest BCUT2D eigenvalue weighted by Crippen LogP contribution is 2.20. The quantitative estimate of drug-likeness (QED) is 0.823. The van der Waals surface area contributed by atoms with E-state index in [1.807, 2.05) is 24.4 Å². The Hall–Kier alpha value is -1.52. The molecular weight excluding hydrogens is 220 g/mol. The Morgan fingerprint density at radius 3 is 2.94 bits per heavy atom. The van der Waals surface area contributed by atoms with Gasteiger partial charge in [0.05, 0.1) is 0 Å². The molecule has 3 nitrogen and oxygen atoms in total.